The molecule has 7 nitrogen and oxygen atoms in total. The van der Waals surface area contributed by atoms with E-state index >= 15 is 0 Å². The molecule has 0 bridgehead atoms. The van der Waals surface area contributed by atoms with Crippen LogP contribution in [0.3, 0.4) is 0 Å². The smallest absolute Gasteiger partial charge is 0.291 e. The van der Waals surface area contributed by atoms with E-state index in [-0.39, 0.29) is 26.6 Å². The Morgan fingerprint density at radius 1 is 1.14 bits per heavy atom. The van der Waals surface area contributed by atoms with Crippen molar-refractivity contribution in [2.45, 2.75) is 13.8 Å². The van der Waals surface area contributed by atoms with Crippen molar-refractivity contribution in [3.8, 4) is 5.69 Å². The SMILES string of the molecule is Cc1ccc(-n2nc(C)c(C=NNC(=O)c3nc(Cl)c(Cl)c(N)c3Cl)c2Cl)cc1. The third kappa shape index (κ3) is 4.33. The predicted octanol–water partition coefficient (Wildman–Crippen LogP) is 4.84. The van der Waals surface area contributed by atoms with E-state index in [2.05, 4.69) is 20.6 Å². The van der Waals surface area contributed by atoms with Crippen molar-refractivity contribution < 1.29 is 4.79 Å². The van der Waals surface area contributed by atoms with E-state index in [4.69, 9.17) is 52.1 Å². The highest BCUT2D eigenvalue weighted by Gasteiger charge is 2.19. The standard InChI is InChI=1S/C18H14Cl4N6O/c1-8-3-5-10(6-4-8)28-17(22)11(9(2)27-28)7-24-26-18(29)15-12(19)14(23)13(20)16(21)25-15/h3-7H,1-2H3,(H2,23,25)(H,26,29). The van der Waals surface area contributed by atoms with Crippen LogP contribution in [0.5, 0.6) is 0 Å². The quantitative estimate of drug-likeness (QED) is 0.323. The summed E-state index contributed by atoms with van der Waals surface area (Å²) in [5.74, 6) is -0.712. The summed E-state index contributed by atoms with van der Waals surface area (Å²) >= 11 is 24.2. The molecule has 1 aromatic carbocycles. The van der Waals surface area contributed by atoms with Crippen molar-refractivity contribution in [2.24, 2.45) is 5.10 Å². The number of anilines is 1. The van der Waals surface area contributed by atoms with Gasteiger partial charge in [0.25, 0.3) is 5.91 Å². The number of aryl methyl sites for hydroxylation is 2. The van der Waals surface area contributed by atoms with Gasteiger partial charge in [0.2, 0.25) is 0 Å². The van der Waals surface area contributed by atoms with Gasteiger partial charge in [-0.25, -0.2) is 15.1 Å². The first-order valence-corrected chi connectivity index (χ1v) is 9.67. The first-order chi connectivity index (χ1) is 13.7. The van der Waals surface area contributed by atoms with Crippen molar-refractivity contribution in [1.82, 2.24) is 20.2 Å². The van der Waals surface area contributed by atoms with E-state index in [0.717, 1.165) is 11.3 Å². The summed E-state index contributed by atoms with van der Waals surface area (Å²) in [7, 11) is 0. The number of hydrogen-bond donors (Lipinski definition) is 2. The number of aromatic nitrogens is 3. The van der Waals surface area contributed by atoms with Gasteiger partial charge in [0.05, 0.1) is 33.9 Å². The van der Waals surface area contributed by atoms with Crippen LogP contribution in [-0.2, 0) is 0 Å². The first-order valence-electron chi connectivity index (χ1n) is 8.16. The molecule has 3 N–H and O–H groups in total. The van der Waals surface area contributed by atoms with E-state index in [1.807, 2.05) is 31.2 Å². The molecule has 0 unspecified atom stereocenters. The fourth-order valence-electron chi connectivity index (χ4n) is 2.41. The maximum Gasteiger partial charge on any atom is 0.291 e. The van der Waals surface area contributed by atoms with Gasteiger partial charge in [0, 0.05) is 0 Å². The summed E-state index contributed by atoms with van der Waals surface area (Å²) < 4.78 is 1.58. The number of hydrogen-bond acceptors (Lipinski definition) is 5. The summed E-state index contributed by atoms with van der Waals surface area (Å²) in [5, 5.41) is 8.38. The number of nitrogens with one attached hydrogen (secondary N) is 1. The lowest BCUT2D eigenvalue weighted by Crippen LogP contribution is -2.20. The molecule has 2 heterocycles. The Balaban J connectivity index is 1.83. The molecular formula is C18H14Cl4N6O. The van der Waals surface area contributed by atoms with Crippen molar-refractivity contribution >= 4 is 64.2 Å². The number of halogens is 4. The summed E-state index contributed by atoms with van der Waals surface area (Å²) in [6, 6.07) is 7.71. The minimum absolute atomic E-state index is 0.0253. The average molecular weight is 472 g/mol. The average Bonchev–Trinajstić information content (AvgIpc) is 2.97. The molecule has 2 aromatic heterocycles. The maximum absolute atomic E-state index is 12.3. The third-order valence-corrected chi connectivity index (χ3v) is 5.47. The molecule has 29 heavy (non-hydrogen) atoms. The first kappa shape index (κ1) is 21.4. The van der Waals surface area contributed by atoms with Crippen LogP contribution in [0.25, 0.3) is 5.69 Å². The number of nitrogens with two attached hydrogens (primary N) is 1. The molecule has 0 atom stereocenters. The lowest BCUT2D eigenvalue weighted by atomic mass is 10.2. The number of pyridine rings is 1. The lowest BCUT2D eigenvalue weighted by Gasteiger charge is -2.07. The zero-order valence-corrected chi connectivity index (χ0v) is 18.2. The van der Waals surface area contributed by atoms with Crippen molar-refractivity contribution in [3.63, 3.8) is 0 Å². The molecular weight excluding hydrogens is 458 g/mol. The second-order valence-electron chi connectivity index (χ2n) is 6.03. The molecule has 1 amide bonds. The molecule has 0 saturated heterocycles. The van der Waals surface area contributed by atoms with E-state index < -0.39 is 5.91 Å². The number of carbonyl (C=O) groups excluding carboxylic acids is 1. The van der Waals surface area contributed by atoms with E-state index in [1.165, 1.54) is 6.21 Å². The number of nitrogen functional groups attached to an aromatic ring is 1. The zero-order chi connectivity index (χ0) is 21.3. The third-order valence-electron chi connectivity index (χ3n) is 3.97. The van der Waals surface area contributed by atoms with Gasteiger partial charge in [-0.3, -0.25) is 4.79 Å². The molecule has 11 heteroatoms. The number of amides is 1. The maximum atomic E-state index is 12.3. The summed E-state index contributed by atoms with van der Waals surface area (Å²) in [5.41, 5.74) is 10.9. The van der Waals surface area contributed by atoms with Gasteiger partial charge >= 0.3 is 0 Å². The Labute approximate surface area is 186 Å². The summed E-state index contributed by atoms with van der Waals surface area (Å²) in [6.07, 6.45) is 1.38. The van der Waals surface area contributed by atoms with Crippen molar-refractivity contribution in [3.05, 3.63) is 67.1 Å². The molecule has 0 aliphatic carbocycles. The van der Waals surface area contributed by atoms with Gasteiger partial charge < -0.3 is 5.73 Å². The van der Waals surface area contributed by atoms with Crippen LogP contribution in [0.1, 0.15) is 27.3 Å². The van der Waals surface area contributed by atoms with Crippen LogP contribution in [0.15, 0.2) is 29.4 Å². The highest BCUT2D eigenvalue weighted by atomic mass is 35.5. The molecule has 150 valence electrons. The number of nitrogens with zero attached hydrogens (tertiary/aromatic N) is 4. The Hall–Kier alpha value is -2.32. The fourth-order valence-corrected chi connectivity index (χ4v) is 3.32. The molecule has 0 aliphatic rings. The van der Waals surface area contributed by atoms with Crippen LogP contribution < -0.4 is 11.2 Å². The van der Waals surface area contributed by atoms with Crippen LogP contribution in [0, 0.1) is 13.8 Å². The number of carbonyl (C=O) groups is 1. The molecule has 3 rings (SSSR count). The Morgan fingerprint density at radius 2 is 1.79 bits per heavy atom. The van der Waals surface area contributed by atoms with Gasteiger partial charge in [-0.1, -0.05) is 64.1 Å². The molecule has 0 fully saturated rings. The number of benzene rings is 1. The highest BCUT2D eigenvalue weighted by molar-refractivity contribution is 6.46. The zero-order valence-electron chi connectivity index (χ0n) is 15.2. The highest BCUT2D eigenvalue weighted by Crippen LogP contribution is 2.34. The second-order valence-corrected chi connectivity index (χ2v) is 7.50. The minimum atomic E-state index is -0.712. The molecule has 0 spiro atoms. The Bertz CT molecular complexity index is 1120. The lowest BCUT2D eigenvalue weighted by molar-refractivity contribution is 0.0950. The van der Waals surface area contributed by atoms with Crippen LogP contribution >= 0.6 is 46.4 Å². The molecule has 0 aliphatic heterocycles. The second kappa shape index (κ2) is 8.59. The van der Waals surface area contributed by atoms with Gasteiger partial charge in [0.15, 0.2) is 10.8 Å². The van der Waals surface area contributed by atoms with Gasteiger partial charge in [0.1, 0.15) is 10.2 Å². The van der Waals surface area contributed by atoms with Crippen LogP contribution in [0.4, 0.5) is 5.69 Å². The largest absolute Gasteiger partial charge is 0.396 e. The van der Waals surface area contributed by atoms with Crippen LogP contribution in [-0.4, -0.2) is 26.9 Å². The molecule has 0 saturated carbocycles. The van der Waals surface area contributed by atoms with Crippen molar-refractivity contribution in [2.75, 3.05) is 5.73 Å². The Morgan fingerprint density at radius 3 is 2.45 bits per heavy atom. The van der Waals surface area contributed by atoms with E-state index in [1.54, 1.807) is 11.6 Å². The summed E-state index contributed by atoms with van der Waals surface area (Å²) in [6.45, 7) is 3.76. The monoisotopic (exact) mass is 470 g/mol. The van der Waals surface area contributed by atoms with Gasteiger partial charge in [-0.15, -0.1) is 0 Å². The normalized spacial score (nSPS) is 11.2. The Kier molecular flexibility index (Phi) is 6.33. The fraction of sp³-hybridized carbons (Fsp3) is 0.111. The number of hydrazone groups is 1. The van der Waals surface area contributed by atoms with Crippen molar-refractivity contribution in [1.29, 1.82) is 0 Å². The molecule has 3 aromatic rings. The number of rotatable bonds is 4. The van der Waals surface area contributed by atoms with Gasteiger partial charge in [-0.05, 0) is 26.0 Å². The predicted molar refractivity (Wildman–Crippen MR) is 117 cm³/mol. The summed E-state index contributed by atoms with van der Waals surface area (Å²) in [4.78, 5) is 16.2. The van der Waals surface area contributed by atoms with E-state index in [9.17, 15) is 4.79 Å². The van der Waals surface area contributed by atoms with Crippen LogP contribution in [0.2, 0.25) is 20.4 Å². The topological polar surface area (TPSA) is 98.2 Å². The molecule has 0 radical (unpaired) electrons. The van der Waals surface area contributed by atoms with E-state index in [0.29, 0.717) is 16.4 Å². The minimum Gasteiger partial charge on any atom is -0.396 e. The van der Waals surface area contributed by atoms with Gasteiger partial charge in [-0.2, -0.15) is 10.2 Å².